The fraction of sp³-hybridized carbons (Fsp3) is 0.455. The van der Waals surface area contributed by atoms with Gasteiger partial charge in [0.05, 0.1) is 0 Å². The third-order valence-corrected chi connectivity index (χ3v) is 6.02. The number of halogens is 9. The van der Waals surface area contributed by atoms with E-state index in [-0.39, 0.29) is 18.4 Å². The molecule has 1 aliphatic carbocycles. The van der Waals surface area contributed by atoms with Crippen molar-refractivity contribution in [1.82, 2.24) is 15.3 Å². The Hall–Kier alpha value is -3.17. The topological polar surface area (TPSA) is 84.4 Å². The van der Waals surface area contributed by atoms with Crippen LogP contribution < -0.4 is 15.0 Å². The highest BCUT2D eigenvalue weighted by Gasteiger charge is 2.61. The van der Waals surface area contributed by atoms with E-state index in [9.17, 15) is 44.7 Å². The van der Waals surface area contributed by atoms with E-state index >= 15 is 0 Å². The van der Waals surface area contributed by atoms with Gasteiger partial charge in [0.15, 0.2) is 0 Å². The lowest BCUT2D eigenvalue weighted by Crippen LogP contribution is -2.62. The highest BCUT2D eigenvalue weighted by atomic mass is 35.5. The monoisotopic (exact) mass is 584 g/mol. The Bertz CT molecular complexity index is 1160. The summed E-state index contributed by atoms with van der Waals surface area (Å²) in [5.74, 6) is -6.78. The molecule has 3 rings (SSSR count). The normalized spacial score (nSPS) is 18.5. The molecule has 1 N–H and O–H groups in total. The van der Waals surface area contributed by atoms with Crippen LogP contribution in [-0.2, 0) is 15.0 Å². The summed E-state index contributed by atoms with van der Waals surface area (Å²) in [5.41, 5.74) is -6.30. The molecule has 17 heteroatoms. The Balaban J connectivity index is 2.03. The van der Waals surface area contributed by atoms with Crippen molar-refractivity contribution in [3.8, 4) is 5.75 Å². The van der Waals surface area contributed by atoms with Gasteiger partial charge in [-0.05, 0) is 37.1 Å². The van der Waals surface area contributed by atoms with Crippen LogP contribution in [-0.4, -0.2) is 59.5 Å². The fourth-order valence-corrected chi connectivity index (χ4v) is 3.91. The lowest BCUT2D eigenvalue weighted by molar-refractivity contribution is -0.360. The molecule has 2 atom stereocenters. The van der Waals surface area contributed by atoms with Crippen LogP contribution in [0, 0.1) is 0 Å². The number of anilines is 1. The zero-order valence-corrected chi connectivity index (χ0v) is 20.3. The van der Waals surface area contributed by atoms with Crippen LogP contribution >= 0.6 is 11.6 Å². The average Bonchev–Trinajstić information content (AvgIpc) is 2.85. The van der Waals surface area contributed by atoms with Crippen LogP contribution in [0.3, 0.4) is 0 Å². The van der Waals surface area contributed by atoms with Crippen LogP contribution in [0.1, 0.15) is 31.2 Å². The molecule has 39 heavy (non-hydrogen) atoms. The van der Waals surface area contributed by atoms with Gasteiger partial charge in [0, 0.05) is 42.5 Å². The molecule has 1 fully saturated rings. The first-order valence-corrected chi connectivity index (χ1v) is 11.5. The van der Waals surface area contributed by atoms with Crippen LogP contribution in [0.15, 0.2) is 43.0 Å². The Morgan fingerprint density at radius 3 is 2.10 bits per heavy atom. The molecular weight excluding hydrogens is 567 g/mol. The Morgan fingerprint density at radius 1 is 1.08 bits per heavy atom. The van der Waals surface area contributed by atoms with Gasteiger partial charge in [0.2, 0.25) is 11.8 Å². The van der Waals surface area contributed by atoms with E-state index in [1.807, 2.05) is 0 Å². The smallest absolute Gasteiger partial charge is 0.426 e. The van der Waals surface area contributed by atoms with E-state index < -0.39 is 71.4 Å². The number of ether oxygens (including phenoxy) is 1. The molecule has 7 nitrogen and oxygen atoms in total. The second-order valence-corrected chi connectivity index (χ2v) is 8.97. The van der Waals surface area contributed by atoms with Crippen LogP contribution in [0.2, 0.25) is 0 Å². The van der Waals surface area contributed by atoms with Crippen LogP contribution in [0.5, 0.6) is 5.75 Å². The minimum Gasteiger partial charge on any atom is -0.426 e. The van der Waals surface area contributed by atoms with E-state index in [1.165, 1.54) is 0 Å². The minimum absolute atomic E-state index is 0.158. The summed E-state index contributed by atoms with van der Waals surface area (Å²) in [6.07, 6.45) is -10.0. The largest absolute Gasteiger partial charge is 0.499 e. The number of amides is 2. The summed E-state index contributed by atoms with van der Waals surface area (Å²) >= 11 is 5.35. The number of nitrogens with zero attached hydrogens (tertiary/aromatic N) is 3. The minimum atomic E-state index is -6.05. The zero-order valence-electron chi connectivity index (χ0n) is 19.6. The maximum atomic E-state index is 14.1. The van der Waals surface area contributed by atoms with Crippen molar-refractivity contribution in [2.24, 2.45) is 0 Å². The summed E-state index contributed by atoms with van der Waals surface area (Å²) in [5, 5.41) is 2.44. The standard InChI is InChI=1S/C22H18BClF8N4O3/c23-20(12-9-33-11-34-10-12,18(38)35-13-5-7-19(26,27)8-6-13)36(17(37)16(24)25)14-1-3-15(4-2-14)39-22(31,32)21(28,29)30/h1-4,9-11,13,16H,5-8H2,(H,35,38)/t16-,20+/m0/s1. The molecule has 1 aromatic carbocycles. The number of carbonyl (C=O) groups is 2. The molecule has 0 saturated heterocycles. The number of nitrogens with one attached hydrogen (secondary N) is 1. The predicted molar refractivity (Wildman–Crippen MR) is 121 cm³/mol. The van der Waals surface area contributed by atoms with Gasteiger partial charge < -0.3 is 10.1 Å². The van der Waals surface area contributed by atoms with Crippen molar-refractivity contribution in [3.05, 3.63) is 48.5 Å². The third kappa shape index (κ3) is 6.71. The van der Waals surface area contributed by atoms with E-state index in [2.05, 4.69) is 20.0 Å². The Labute approximate surface area is 222 Å². The molecule has 1 aliphatic rings. The molecule has 0 spiro atoms. The predicted octanol–water partition coefficient (Wildman–Crippen LogP) is 4.59. The van der Waals surface area contributed by atoms with Gasteiger partial charge in [-0.15, -0.1) is 0 Å². The summed E-state index contributed by atoms with van der Waals surface area (Å²) in [6.45, 7) is 0. The number of rotatable bonds is 8. The second kappa shape index (κ2) is 11.1. The van der Waals surface area contributed by atoms with Crippen molar-refractivity contribution in [2.45, 2.75) is 61.0 Å². The van der Waals surface area contributed by atoms with Crippen LogP contribution in [0.4, 0.5) is 40.8 Å². The fourth-order valence-electron chi connectivity index (χ4n) is 3.81. The molecule has 1 heterocycles. The molecule has 0 bridgehead atoms. The number of alkyl halides is 9. The van der Waals surface area contributed by atoms with Crippen molar-refractivity contribution in [3.63, 3.8) is 0 Å². The first-order chi connectivity index (χ1) is 18.0. The van der Waals surface area contributed by atoms with Crippen LogP contribution in [0.25, 0.3) is 0 Å². The molecule has 2 radical (unpaired) electrons. The van der Waals surface area contributed by atoms with Gasteiger partial charge in [-0.3, -0.25) is 14.5 Å². The van der Waals surface area contributed by atoms with E-state index in [0.717, 1.165) is 30.9 Å². The SMILES string of the molecule is [B][C@](C(=O)NC1CCC(F)(F)CC1)(c1cncnc1)N(C(=O)[C@H](F)Cl)c1ccc(OC(F)(F)C(F)(F)F)cc1. The summed E-state index contributed by atoms with van der Waals surface area (Å²) in [4.78, 5) is 34.2. The Morgan fingerprint density at radius 2 is 1.62 bits per heavy atom. The Kier molecular flexibility index (Phi) is 8.68. The van der Waals surface area contributed by atoms with Gasteiger partial charge in [0.1, 0.15) is 25.4 Å². The number of benzene rings is 1. The number of aromatic nitrogens is 2. The number of carbonyl (C=O) groups excluding carboxylic acids is 2. The molecule has 0 aliphatic heterocycles. The molecular formula is C22H18BClF8N4O3. The van der Waals surface area contributed by atoms with E-state index in [1.54, 1.807) is 0 Å². The van der Waals surface area contributed by atoms with Gasteiger partial charge in [0.25, 0.3) is 11.5 Å². The van der Waals surface area contributed by atoms with Crippen molar-refractivity contribution in [2.75, 3.05) is 4.90 Å². The van der Waals surface area contributed by atoms with Gasteiger partial charge in [-0.2, -0.15) is 22.0 Å². The number of hydrogen-bond donors (Lipinski definition) is 1. The highest BCUT2D eigenvalue weighted by molar-refractivity contribution is 6.37. The molecule has 2 aromatic rings. The van der Waals surface area contributed by atoms with Crippen molar-refractivity contribution < 1.29 is 49.4 Å². The van der Waals surface area contributed by atoms with E-state index in [0.29, 0.717) is 17.0 Å². The lowest BCUT2D eigenvalue weighted by atomic mass is 9.69. The zero-order chi connectivity index (χ0) is 29.2. The highest BCUT2D eigenvalue weighted by Crippen LogP contribution is 2.39. The van der Waals surface area contributed by atoms with Crippen molar-refractivity contribution >= 4 is 36.9 Å². The van der Waals surface area contributed by atoms with Gasteiger partial charge in [-0.25, -0.2) is 23.1 Å². The molecule has 0 unspecified atom stereocenters. The summed E-state index contributed by atoms with van der Waals surface area (Å²) in [6, 6.07) is 1.84. The quantitative estimate of drug-likeness (QED) is 0.279. The van der Waals surface area contributed by atoms with Gasteiger partial charge >= 0.3 is 12.3 Å². The average molecular weight is 585 g/mol. The third-order valence-electron chi connectivity index (χ3n) is 5.83. The maximum absolute atomic E-state index is 14.1. The number of hydrogen-bond acceptors (Lipinski definition) is 5. The first kappa shape index (κ1) is 30.4. The molecule has 1 saturated carbocycles. The molecule has 2 amide bonds. The van der Waals surface area contributed by atoms with Crippen molar-refractivity contribution in [1.29, 1.82) is 0 Å². The first-order valence-electron chi connectivity index (χ1n) is 11.1. The van der Waals surface area contributed by atoms with E-state index in [4.69, 9.17) is 19.4 Å². The molecule has 210 valence electrons. The molecule has 1 aromatic heterocycles. The van der Waals surface area contributed by atoms with Gasteiger partial charge in [-0.1, -0.05) is 11.6 Å². The summed E-state index contributed by atoms with van der Waals surface area (Å²) in [7, 11) is 6.38. The second-order valence-electron chi connectivity index (χ2n) is 8.58. The maximum Gasteiger partial charge on any atom is 0.499 e. The summed E-state index contributed by atoms with van der Waals surface area (Å²) < 4.78 is 109. The lowest BCUT2D eigenvalue weighted by Gasteiger charge is -2.42.